The van der Waals surface area contributed by atoms with Crippen molar-refractivity contribution in [1.29, 1.82) is 0 Å². The van der Waals surface area contributed by atoms with Gasteiger partial charge in [0.1, 0.15) is 5.54 Å². The van der Waals surface area contributed by atoms with E-state index in [-0.39, 0.29) is 12.3 Å². The summed E-state index contributed by atoms with van der Waals surface area (Å²) in [6.45, 7) is 0. The van der Waals surface area contributed by atoms with Crippen LogP contribution in [0.3, 0.4) is 0 Å². The van der Waals surface area contributed by atoms with Gasteiger partial charge in [0, 0.05) is 17.8 Å². The van der Waals surface area contributed by atoms with Crippen molar-refractivity contribution in [1.82, 2.24) is 14.7 Å². The van der Waals surface area contributed by atoms with Crippen LogP contribution in [0, 0.1) is 0 Å². The van der Waals surface area contributed by atoms with Gasteiger partial charge in [-0.15, -0.1) is 11.3 Å². The number of aromatic nitrogens is 2. The topological polar surface area (TPSA) is 83.7 Å². The van der Waals surface area contributed by atoms with E-state index in [9.17, 15) is 9.59 Å². The van der Waals surface area contributed by atoms with E-state index in [1.807, 2.05) is 16.0 Å². The average molecular weight is 279 g/mol. The first kappa shape index (κ1) is 12.2. The Labute approximate surface area is 113 Å². The van der Waals surface area contributed by atoms with Gasteiger partial charge >= 0.3 is 5.97 Å². The molecule has 3 rings (SSSR count). The molecule has 0 atom stereocenters. The van der Waals surface area contributed by atoms with Gasteiger partial charge in [-0.1, -0.05) is 0 Å². The van der Waals surface area contributed by atoms with Crippen LogP contribution in [0.25, 0.3) is 4.96 Å². The standard InChI is InChI=1S/C12H13N3O3S/c16-9(14-12(10(17)18)2-1-3-12)6-8-7-15-4-5-19-11(15)13-8/h4-5,7H,1-3,6H2,(H,14,16)(H,17,18). The zero-order valence-corrected chi connectivity index (χ0v) is 10.9. The Bertz CT molecular complexity index is 613. The number of carboxylic acid groups (broad SMARTS) is 1. The predicted molar refractivity (Wildman–Crippen MR) is 69.1 cm³/mol. The fraction of sp³-hybridized carbons (Fsp3) is 0.417. The lowest BCUT2D eigenvalue weighted by molar-refractivity contribution is -0.151. The van der Waals surface area contributed by atoms with Gasteiger partial charge in [-0.2, -0.15) is 0 Å². The molecular weight excluding hydrogens is 266 g/mol. The van der Waals surface area contributed by atoms with E-state index in [0.29, 0.717) is 18.5 Å². The van der Waals surface area contributed by atoms with Crippen molar-refractivity contribution in [3.63, 3.8) is 0 Å². The van der Waals surface area contributed by atoms with Crippen LogP contribution in [0.4, 0.5) is 0 Å². The number of rotatable bonds is 4. The normalized spacial score (nSPS) is 17.1. The Kier molecular flexibility index (Phi) is 2.78. The summed E-state index contributed by atoms with van der Waals surface area (Å²) in [5, 5.41) is 13.7. The molecule has 1 aliphatic rings. The number of hydrogen-bond acceptors (Lipinski definition) is 4. The summed E-state index contributed by atoms with van der Waals surface area (Å²) in [7, 11) is 0. The maximum absolute atomic E-state index is 11.9. The van der Waals surface area contributed by atoms with E-state index in [1.165, 1.54) is 11.3 Å². The lowest BCUT2D eigenvalue weighted by Crippen LogP contribution is -2.59. The Morgan fingerprint density at radius 2 is 2.32 bits per heavy atom. The van der Waals surface area contributed by atoms with Crippen molar-refractivity contribution in [2.75, 3.05) is 0 Å². The fourth-order valence-electron chi connectivity index (χ4n) is 2.26. The summed E-state index contributed by atoms with van der Waals surface area (Å²) in [4.78, 5) is 28.2. The van der Waals surface area contributed by atoms with E-state index in [2.05, 4.69) is 10.3 Å². The number of nitrogens with one attached hydrogen (secondary N) is 1. The minimum absolute atomic E-state index is 0.115. The molecule has 0 spiro atoms. The van der Waals surface area contributed by atoms with Gasteiger partial charge < -0.3 is 10.4 Å². The molecule has 2 aromatic rings. The van der Waals surface area contributed by atoms with Gasteiger partial charge in [-0.3, -0.25) is 9.20 Å². The van der Waals surface area contributed by atoms with Crippen LogP contribution in [0.2, 0.25) is 0 Å². The van der Waals surface area contributed by atoms with Crippen LogP contribution < -0.4 is 5.32 Å². The van der Waals surface area contributed by atoms with E-state index >= 15 is 0 Å². The van der Waals surface area contributed by atoms with Crippen molar-refractivity contribution < 1.29 is 14.7 Å². The first-order valence-corrected chi connectivity index (χ1v) is 6.92. The zero-order valence-electron chi connectivity index (χ0n) is 10.1. The van der Waals surface area contributed by atoms with Gasteiger partial charge in [0.25, 0.3) is 0 Å². The second kappa shape index (κ2) is 4.34. The van der Waals surface area contributed by atoms with Crippen LogP contribution in [0.5, 0.6) is 0 Å². The molecular formula is C12H13N3O3S. The number of imidazole rings is 1. The first-order valence-electron chi connectivity index (χ1n) is 6.05. The van der Waals surface area contributed by atoms with Crippen LogP contribution in [-0.4, -0.2) is 31.9 Å². The highest BCUT2D eigenvalue weighted by molar-refractivity contribution is 7.15. The van der Waals surface area contributed by atoms with Gasteiger partial charge in [0.15, 0.2) is 4.96 Å². The smallest absolute Gasteiger partial charge is 0.329 e. The van der Waals surface area contributed by atoms with E-state index in [1.54, 1.807) is 6.20 Å². The molecule has 1 aliphatic carbocycles. The summed E-state index contributed by atoms with van der Waals surface area (Å²) < 4.78 is 1.85. The van der Waals surface area contributed by atoms with Crippen molar-refractivity contribution in [2.45, 2.75) is 31.2 Å². The highest BCUT2D eigenvalue weighted by Gasteiger charge is 2.45. The van der Waals surface area contributed by atoms with Gasteiger partial charge in [0.2, 0.25) is 5.91 Å². The van der Waals surface area contributed by atoms with Crippen LogP contribution in [0.15, 0.2) is 17.8 Å². The van der Waals surface area contributed by atoms with Crippen LogP contribution in [0.1, 0.15) is 25.0 Å². The summed E-state index contributed by atoms with van der Waals surface area (Å²) in [5.74, 6) is -1.23. The second-order valence-electron chi connectivity index (χ2n) is 4.79. The van der Waals surface area contributed by atoms with Crippen molar-refractivity contribution in [2.24, 2.45) is 0 Å². The lowest BCUT2D eigenvalue weighted by atomic mass is 9.76. The minimum atomic E-state index is -1.05. The lowest BCUT2D eigenvalue weighted by Gasteiger charge is -2.38. The minimum Gasteiger partial charge on any atom is -0.480 e. The van der Waals surface area contributed by atoms with Gasteiger partial charge in [0.05, 0.1) is 12.1 Å². The number of fused-ring (bicyclic) bond motifs is 1. The molecule has 1 saturated carbocycles. The molecule has 1 amide bonds. The number of hydrogen-bond donors (Lipinski definition) is 2. The number of aliphatic carboxylic acids is 1. The monoisotopic (exact) mass is 279 g/mol. The Hall–Kier alpha value is -1.89. The third kappa shape index (κ3) is 2.10. The zero-order chi connectivity index (χ0) is 13.5. The number of nitrogens with zero attached hydrogens (tertiary/aromatic N) is 2. The van der Waals surface area contributed by atoms with E-state index in [4.69, 9.17) is 5.11 Å². The molecule has 2 N–H and O–H groups in total. The number of carbonyl (C=O) groups excluding carboxylic acids is 1. The fourth-order valence-corrected chi connectivity index (χ4v) is 2.98. The van der Waals surface area contributed by atoms with Crippen LogP contribution >= 0.6 is 11.3 Å². The molecule has 0 aromatic carbocycles. The molecule has 0 saturated heterocycles. The van der Waals surface area contributed by atoms with Gasteiger partial charge in [-0.25, -0.2) is 9.78 Å². The van der Waals surface area contributed by atoms with Gasteiger partial charge in [-0.05, 0) is 19.3 Å². The molecule has 1 fully saturated rings. The summed E-state index contributed by atoms with van der Waals surface area (Å²) in [6, 6.07) is 0. The maximum atomic E-state index is 11.9. The SMILES string of the molecule is O=C(Cc1cn2ccsc2n1)NC1(C(=O)O)CCC1. The summed E-state index contributed by atoms with van der Waals surface area (Å²) in [5.41, 5.74) is -0.391. The Morgan fingerprint density at radius 1 is 1.53 bits per heavy atom. The number of thiazole rings is 1. The third-order valence-electron chi connectivity index (χ3n) is 3.48. The number of carbonyl (C=O) groups is 2. The van der Waals surface area contributed by atoms with Crippen molar-refractivity contribution in [3.8, 4) is 0 Å². The Morgan fingerprint density at radius 3 is 2.89 bits per heavy atom. The predicted octanol–water partition coefficient (Wildman–Crippen LogP) is 1.06. The molecule has 2 aromatic heterocycles. The molecule has 19 heavy (non-hydrogen) atoms. The van der Waals surface area contributed by atoms with Crippen molar-refractivity contribution in [3.05, 3.63) is 23.5 Å². The third-order valence-corrected chi connectivity index (χ3v) is 4.25. The van der Waals surface area contributed by atoms with E-state index in [0.717, 1.165) is 11.4 Å². The summed E-state index contributed by atoms with van der Waals surface area (Å²) in [6.07, 6.45) is 5.63. The maximum Gasteiger partial charge on any atom is 0.329 e. The second-order valence-corrected chi connectivity index (χ2v) is 5.66. The molecule has 100 valence electrons. The highest BCUT2D eigenvalue weighted by Crippen LogP contribution is 2.32. The molecule has 7 heteroatoms. The molecule has 0 aliphatic heterocycles. The molecule has 2 heterocycles. The molecule has 6 nitrogen and oxygen atoms in total. The molecule has 0 radical (unpaired) electrons. The van der Waals surface area contributed by atoms with E-state index < -0.39 is 11.5 Å². The average Bonchev–Trinajstić information content (AvgIpc) is 2.83. The van der Waals surface area contributed by atoms with Crippen molar-refractivity contribution >= 4 is 28.2 Å². The summed E-state index contributed by atoms with van der Waals surface area (Å²) >= 11 is 1.49. The highest BCUT2D eigenvalue weighted by atomic mass is 32.1. The first-order chi connectivity index (χ1) is 9.09. The molecule has 0 unspecified atom stereocenters. The Balaban J connectivity index is 1.68. The quantitative estimate of drug-likeness (QED) is 0.876. The number of carboxylic acids is 1. The number of amides is 1. The van der Waals surface area contributed by atoms with Crippen LogP contribution in [-0.2, 0) is 16.0 Å². The largest absolute Gasteiger partial charge is 0.480 e. The molecule has 0 bridgehead atoms.